The normalized spacial score (nSPS) is 11.1. The van der Waals surface area contributed by atoms with Crippen LogP contribution in [0, 0.1) is 0 Å². The van der Waals surface area contributed by atoms with E-state index in [1.165, 1.54) is 23.6 Å². The molecule has 0 atom stereocenters. The summed E-state index contributed by atoms with van der Waals surface area (Å²) in [7, 11) is 0. The fraction of sp³-hybridized carbons (Fsp3) is 0.688. The summed E-state index contributed by atoms with van der Waals surface area (Å²) >= 11 is 0. The van der Waals surface area contributed by atoms with Gasteiger partial charge in [-0.3, -0.25) is 38.7 Å². The number of carboxylic acid groups (broad SMARTS) is 3. The van der Waals surface area contributed by atoms with Gasteiger partial charge in [-0.1, -0.05) is 0 Å². The molecule has 0 aromatic rings. The minimum absolute atomic E-state index is 0.0373. The molecule has 27 heavy (non-hydrogen) atoms. The van der Waals surface area contributed by atoms with Crippen LogP contribution in [0.4, 0.5) is 0 Å². The minimum atomic E-state index is -1.16. The van der Waals surface area contributed by atoms with Crippen LogP contribution in [0.1, 0.15) is 13.8 Å². The number of hydrogen-bond donors (Lipinski definition) is 3. The molecule has 0 aliphatic rings. The Kier molecular flexibility index (Phi) is 11.8. The predicted molar refractivity (Wildman–Crippen MR) is 93.6 cm³/mol. The van der Waals surface area contributed by atoms with E-state index in [0.717, 1.165) is 0 Å². The first-order valence-corrected chi connectivity index (χ1v) is 8.31. The molecule has 11 heteroatoms. The second kappa shape index (κ2) is 12.9. The van der Waals surface area contributed by atoms with E-state index in [-0.39, 0.29) is 57.4 Å². The molecule has 0 aliphatic heterocycles. The molecule has 11 nitrogen and oxygen atoms in total. The maximum Gasteiger partial charge on any atom is 0.317 e. The van der Waals surface area contributed by atoms with Crippen molar-refractivity contribution in [3.63, 3.8) is 0 Å². The van der Waals surface area contributed by atoms with E-state index in [1.54, 1.807) is 4.90 Å². The van der Waals surface area contributed by atoms with Gasteiger partial charge in [-0.2, -0.15) is 0 Å². The van der Waals surface area contributed by atoms with Gasteiger partial charge in [-0.15, -0.1) is 0 Å². The van der Waals surface area contributed by atoms with E-state index < -0.39 is 31.0 Å². The van der Waals surface area contributed by atoms with E-state index in [9.17, 15) is 24.0 Å². The number of rotatable bonds is 16. The van der Waals surface area contributed by atoms with Crippen molar-refractivity contribution in [1.29, 1.82) is 0 Å². The number of nitrogens with zero attached hydrogens (tertiary/aromatic N) is 3. The Morgan fingerprint density at radius 3 is 1.07 bits per heavy atom. The second-order valence-electron chi connectivity index (χ2n) is 6.28. The van der Waals surface area contributed by atoms with Crippen LogP contribution in [0.25, 0.3) is 0 Å². The van der Waals surface area contributed by atoms with Crippen molar-refractivity contribution in [1.82, 2.24) is 14.7 Å². The topological polar surface area (TPSA) is 156 Å². The van der Waals surface area contributed by atoms with Gasteiger partial charge in [-0.05, 0) is 13.8 Å². The standard InChI is InChI=1S/C16H27N3O8/c1-12(20)7-17(3-5-18(8-13(2)21)9-14(22)23)4-6-19(10-15(24)25)11-16(26)27/h3-11H2,1-2H3,(H,22,23)(H,24,25)(H,26,27). The lowest BCUT2D eigenvalue weighted by molar-refractivity contribution is -0.142. The Balaban J connectivity index is 4.85. The van der Waals surface area contributed by atoms with Gasteiger partial charge in [0.2, 0.25) is 0 Å². The zero-order valence-corrected chi connectivity index (χ0v) is 15.6. The average molecular weight is 389 g/mol. The van der Waals surface area contributed by atoms with Crippen LogP contribution in [-0.4, -0.2) is 118 Å². The van der Waals surface area contributed by atoms with Gasteiger partial charge in [0.25, 0.3) is 0 Å². The van der Waals surface area contributed by atoms with E-state index >= 15 is 0 Å². The van der Waals surface area contributed by atoms with Crippen molar-refractivity contribution in [3.8, 4) is 0 Å². The number of hydrogen-bond acceptors (Lipinski definition) is 8. The minimum Gasteiger partial charge on any atom is -0.480 e. The molecule has 0 rings (SSSR count). The average Bonchev–Trinajstić information content (AvgIpc) is 2.46. The molecule has 3 N–H and O–H groups in total. The molecule has 0 aromatic heterocycles. The summed E-state index contributed by atoms with van der Waals surface area (Å²) in [6, 6.07) is 0. The Bertz CT molecular complexity index is 480. The first-order chi connectivity index (χ1) is 12.5. The van der Waals surface area contributed by atoms with Crippen molar-refractivity contribution < 1.29 is 39.3 Å². The van der Waals surface area contributed by atoms with Gasteiger partial charge in [0.15, 0.2) is 0 Å². The van der Waals surface area contributed by atoms with Gasteiger partial charge >= 0.3 is 17.9 Å². The monoisotopic (exact) mass is 389 g/mol. The maximum absolute atomic E-state index is 11.4. The highest BCUT2D eigenvalue weighted by Crippen LogP contribution is 1.97. The van der Waals surface area contributed by atoms with Crippen LogP contribution in [-0.2, 0) is 24.0 Å². The number of Topliss-reactive ketones (excluding diaryl/α,β-unsaturated/α-hetero) is 2. The fourth-order valence-corrected chi connectivity index (χ4v) is 2.47. The van der Waals surface area contributed by atoms with Gasteiger partial charge in [-0.25, -0.2) is 0 Å². The highest BCUT2D eigenvalue weighted by molar-refractivity contribution is 5.79. The van der Waals surface area contributed by atoms with Crippen molar-refractivity contribution in [2.24, 2.45) is 0 Å². The SMILES string of the molecule is CC(=O)CN(CCN(CC(C)=O)CC(=O)O)CCN(CC(=O)O)CC(=O)O. The molecular formula is C16H27N3O8. The molecular weight excluding hydrogens is 362 g/mol. The number of ketones is 2. The van der Waals surface area contributed by atoms with E-state index in [4.69, 9.17) is 15.3 Å². The Hall–Kier alpha value is -2.37. The lowest BCUT2D eigenvalue weighted by Gasteiger charge is -2.27. The van der Waals surface area contributed by atoms with Gasteiger partial charge in [0, 0.05) is 26.2 Å². The maximum atomic E-state index is 11.4. The molecule has 0 bridgehead atoms. The Morgan fingerprint density at radius 1 is 0.519 bits per heavy atom. The van der Waals surface area contributed by atoms with Gasteiger partial charge in [0.1, 0.15) is 11.6 Å². The van der Waals surface area contributed by atoms with Crippen LogP contribution < -0.4 is 0 Å². The summed E-state index contributed by atoms with van der Waals surface area (Å²) in [5.74, 6) is -3.74. The van der Waals surface area contributed by atoms with Crippen LogP contribution in [0.15, 0.2) is 0 Å². The van der Waals surface area contributed by atoms with E-state index in [2.05, 4.69) is 0 Å². The third-order valence-electron chi connectivity index (χ3n) is 3.43. The van der Waals surface area contributed by atoms with Gasteiger partial charge < -0.3 is 15.3 Å². The Morgan fingerprint density at radius 2 is 0.778 bits per heavy atom. The predicted octanol–water partition coefficient (Wildman–Crippen LogP) is -1.68. The molecule has 0 aliphatic carbocycles. The van der Waals surface area contributed by atoms with Crippen LogP contribution in [0.3, 0.4) is 0 Å². The van der Waals surface area contributed by atoms with Crippen LogP contribution in [0.5, 0.6) is 0 Å². The summed E-state index contributed by atoms with van der Waals surface area (Å²) in [5, 5.41) is 26.6. The molecule has 0 radical (unpaired) electrons. The number of carbonyl (C=O) groups is 5. The molecule has 0 amide bonds. The number of carbonyl (C=O) groups excluding carboxylic acids is 2. The van der Waals surface area contributed by atoms with E-state index in [1.807, 2.05) is 0 Å². The molecule has 0 saturated carbocycles. The zero-order valence-electron chi connectivity index (χ0n) is 15.6. The molecule has 0 saturated heterocycles. The summed E-state index contributed by atoms with van der Waals surface area (Å²) in [5.41, 5.74) is 0. The van der Waals surface area contributed by atoms with E-state index in [0.29, 0.717) is 0 Å². The summed E-state index contributed by atoms with van der Waals surface area (Å²) in [4.78, 5) is 59.6. The van der Waals surface area contributed by atoms with Crippen molar-refractivity contribution in [3.05, 3.63) is 0 Å². The molecule has 0 unspecified atom stereocenters. The summed E-state index contributed by atoms with van der Waals surface area (Å²) in [6.45, 7) is 2.34. The van der Waals surface area contributed by atoms with Crippen molar-refractivity contribution >= 4 is 29.5 Å². The highest BCUT2D eigenvalue weighted by Gasteiger charge is 2.18. The van der Waals surface area contributed by atoms with Crippen molar-refractivity contribution in [2.45, 2.75) is 13.8 Å². The fourth-order valence-electron chi connectivity index (χ4n) is 2.47. The summed E-state index contributed by atoms with van der Waals surface area (Å²) in [6.07, 6.45) is 0. The molecule has 0 aromatic carbocycles. The van der Waals surface area contributed by atoms with Crippen LogP contribution in [0.2, 0.25) is 0 Å². The largest absolute Gasteiger partial charge is 0.480 e. The second-order valence-corrected chi connectivity index (χ2v) is 6.28. The highest BCUT2D eigenvalue weighted by atomic mass is 16.4. The van der Waals surface area contributed by atoms with Crippen molar-refractivity contribution in [2.75, 3.05) is 58.9 Å². The van der Waals surface area contributed by atoms with Gasteiger partial charge in [0.05, 0.1) is 32.7 Å². The molecule has 0 spiro atoms. The quantitative estimate of drug-likeness (QED) is 0.277. The molecule has 0 fully saturated rings. The number of carboxylic acids is 3. The smallest absolute Gasteiger partial charge is 0.317 e. The first-order valence-electron chi connectivity index (χ1n) is 8.31. The Labute approximate surface area is 157 Å². The molecule has 154 valence electrons. The molecule has 0 heterocycles. The van der Waals surface area contributed by atoms with Crippen LogP contribution >= 0.6 is 0 Å². The third kappa shape index (κ3) is 14.5. The summed E-state index contributed by atoms with van der Waals surface area (Å²) < 4.78 is 0. The third-order valence-corrected chi connectivity index (χ3v) is 3.43. The number of aliphatic carboxylic acids is 3. The lowest BCUT2D eigenvalue weighted by atomic mass is 10.3. The zero-order chi connectivity index (χ0) is 21.0. The first kappa shape index (κ1) is 24.6. The lowest BCUT2D eigenvalue weighted by Crippen LogP contribution is -2.45.